The van der Waals surface area contributed by atoms with Gasteiger partial charge in [-0.3, -0.25) is 9.69 Å². The van der Waals surface area contributed by atoms with Crippen LogP contribution in [0.15, 0.2) is 109 Å². The van der Waals surface area contributed by atoms with E-state index in [1.807, 2.05) is 87.2 Å². The Morgan fingerprint density at radius 1 is 0.741 bits per heavy atom. The highest BCUT2D eigenvalue weighted by molar-refractivity contribution is 5.92. The summed E-state index contributed by atoms with van der Waals surface area (Å²) in [5.41, 5.74) is 7.74. The summed E-state index contributed by atoms with van der Waals surface area (Å²) in [5, 5.41) is 0. The Labute approximate surface area is 320 Å². The van der Waals surface area contributed by atoms with E-state index in [1.54, 1.807) is 12.3 Å². The third kappa shape index (κ3) is 11.2. The van der Waals surface area contributed by atoms with E-state index in [2.05, 4.69) is 65.3 Å². The Bertz CT molecular complexity index is 1960. The molecule has 1 aromatic heterocycles. The molecule has 6 rings (SSSR count). The molecule has 1 aliphatic heterocycles. The molecule has 0 saturated carbocycles. The normalized spacial score (nSPS) is 13.3. The van der Waals surface area contributed by atoms with Crippen molar-refractivity contribution in [2.45, 2.75) is 60.3 Å². The molecule has 1 aliphatic rings. The summed E-state index contributed by atoms with van der Waals surface area (Å²) in [7, 11) is 0. The van der Waals surface area contributed by atoms with Crippen molar-refractivity contribution >= 4 is 12.0 Å². The molecule has 4 aromatic carbocycles. The SMILES string of the molecule is Cc1ccc(COc2ccc(Oc3c(C)cc(C=CC(=O)N4CCN(Cc5ccc(CCOc6ccc(OC(C)C)cc6)cc5)CC4)cc3C)nc2)cc1. The number of rotatable bonds is 15. The zero-order valence-corrected chi connectivity index (χ0v) is 32.1. The molecule has 0 radical (unpaired) electrons. The van der Waals surface area contributed by atoms with Crippen LogP contribution in [-0.4, -0.2) is 59.6 Å². The summed E-state index contributed by atoms with van der Waals surface area (Å²) in [5.74, 6) is 3.67. The third-order valence-corrected chi connectivity index (χ3v) is 9.31. The number of ether oxygens (including phenoxy) is 4. The highest BCUT2D eigenvalue weighted by Gasteiger charge is 2.20. The molecule has 0 atom stereocenters. The van der Waals surface area contributed by atoms with Gasteiger partial charge in [0.15, 0.2) is 0 Å². The number of pyridine rings is 1. The molecule has 0 unspecified atom stereocenters. The van der Waals surface area contributed by atoms with Crippen molar-refractivity contribution in [2.24, 2.45) is 0 Å². The smallest absolute Gasteiger partial charge is 0.246 e. The molecule has 54 heavy (non-hydrogen) atoms. The van der Waals surface area contributed by atoms with Gasteiger partial charge in [0.1, 0.15) is 29.6 Å². The molecule has 2 heterocycles. The van der Waals surface area contributed by atoms with Gasteiger partial charge in [-0.15, -0.1) is 0 Å². The van der Waals surface area contributed by atoms with Crippen LogP contribution in [0.3, 0.4) is 0 Å². The van der Waals surface area contributed by atoms with E-state index in [-0.39, 0.29) is 12.0 Å². The van der Waals surface area contributed by atoms with E-state index in [0.29, 0.717) is 37.9 Å². The fraction of sp³-hybridized carbons (Fsp3) is 0.304. The predicted molar refractivity (Wildman–Crippen MR) is 214 cm³/mol. The molecule has 1 saturated heterocycles. The van der Waals surface area contributed by atoms with Crippen molar-refractivity contribution < 1.29 is 23.7 Å². The predicted octanol–water partition coefficient (Wildman–Crippen LogP) is 9.14. The molecular weight excluding hydrogens is 675 g/mol. The number of nitrogens with zero attached hydrogens (tertiary/aromatic N) is 3. The Morgan fingerprint density at radius 2 is 1.37 bits per heavy atom. The van der Waals surface area contributed by atoms with E-state index in [4.69, 9.17) is 18.9 Å². The number of carbonyl (C=O) groups is 1. The molecular formula is C46H51N3O5. The molecule has 280 valence electrons. The first kappa shape index (κ1) is 38.1. The van der Waals surface area contributed by atoms with E-state index < -0.39 is 0 Å². The van der Waals surface area contributed by atoms with Gasteiger partial charge < -0.3 is 23.8 Å². The van der Waals surface area contributed by atoms with Gasteiger partial charge in [0, 0.05) is 51.3 Å². The van der Waals surface area contributed by atoms with Crippen LogP contribution in [0.4, 0.5) is 0 Å². The number of piperazine rings is 1. The summed E-state index contributed by atoms with van der Waals surface area (Å²) < 4.78 is 23.7. The average Bonchev–Trinajstić information content (AvgIpc) is 3.17. The molecule has 0 spiro atoms. The first-order valence-corrected chi connectivity index (χ1v) is 18.8. The Morgan fingerprint density at radius 3 is 2.02 bits per heavy atom. The minimum atomic E-state index is 0.0329. The van der Waals surface area contributed by atoms with Gasteiger partial charge in [-0.1, -0.05) is 54.1 Å². The average molecular weight is 726 g/mol. The van der Waals surface area contributed by atoms with Crippen LogP contribution < -0.4 is 18.9 Å². The number of hydrogen-bond donors (Lipinski definition) is 0. The molecule has 8 heteroatoms. The van der Waals surface area contributed by atoms with Crippen molar-refractivity contribution in [3.8, 4) is 28.9 Å². The van der Waals surface area contributed by atoms with Crippen LogP contribution in [0.5, 0.6) is 28.9 Å². The van der Waals surface area contributed by atoms with Crippen LogP contribution in [0.2, 0.25) is 0 Å². The van der Waals surface area contributed by atoms with Gasteiger partial charge in [-0.05, 0) is 117 Å². The number of carbonyl (C=O) groups excluding carboxylic acids is 1. The first-order valence-electron chi connectivity index (χ1n) is 18.8. The lowest BCUT2D eigenvalue weighted by atomic mass is 10.1. The quantitative estimate of drug-likeness (QED) is 0.0998. The van der Waals surface area contributed by atoms with E-state index >= 15 is 0 Å². The van der Waals surface area contributed by atoms with Gasteiger partial charge in [0.25, 0.3) is 0 Å². The van der Waals surface area contributed by atoms with Crippen molar-refractivity contribution in [1.29, 1.82) is 0 Å². The summed E-state index contributed by atoms with van der Waals surface area (Å²) >= 11 is 0. The third-order valence-electron chi connectivity index (χ3n) is 9.31. The second-order valence-corrected chi connectivity index (χ2v) is 14.2. The lowest BCUT2D eigenvalue weighted by Crippen LogP contribution is -2.47. The summed E-state index contributed by atoms with van der Waals surface area (Å²) in [6.07, 6.45) is 6.24. The number of hydrogen-bond acceptors (Lipinski definition) is 7. The second kappa shape index (κ2) is 18.4. The standard InChI is InChI=1S/C46H51N3O5/c1-33(2)53-42-17-15-41(16-18-42)51-27-22-37-10-12-38(13-11-37)31-48-23-25-49(26-24-48)45(50)21-14-40-28-35(4)46(36(5)29-40)54-44-20-19-43(30-47-44)52-32-39-8-6-34(3)7-9-39/h6-21,28-30,33H,22-27,31-32H2,1-5H3. The minimum Gasteiger partial charge on any atom is -0.493 e. The number of amides is 1. The topological polar surface area (TPSA) is 73.4 Å². The minimum absolute atomic E-state index is 0.0329. The lowest BCUT2D eigenvalue weighted by Gasteiger charge is -2.34. The maximum absolute atomic E-state index is 13.1. The van der Waals surface area contributed by atoms with Gasteiger partial charge in [-0.2, -0.15) is 0 Å². The fourth-order valence-corrected chi connectivity index (χ4v) is 6.35. The maximum atomic E-state index is 13.1. The molecule has 0 N–H and O–H groups in total. The molecule has 0 bridgehead atoms. The van der Waals surface area contributed by atoms with Gasteiger partial charge >= 0.3 is 0 Å². The summed E-state index contributed by atoms with van der Waals surface area (Å²) in [6.45, 7) is 15.2. The highest BCUT2D eigenvalue weighted by Crippen LogP contribution is 2.30. The molecule has 1 amide bonds. The Kier molecular flexibility index (Phi) is 13.0. The first-order chi connectivity index (χ1) is 26.2. The highest BCUT2D eigenvalue weighted by atomic mass is 16.5. The molecule has 5 aromatic rings. The van der Waals surface area contributed by atoms with E-state index in [1.165, 1.54) is 16.7 Å². The number of benzene rings is 4. The largest absolute Gasteiger partial charge is 0.493 e. The number of aryl methyl sites for hydroxylation is 3. The van der Waals surface area contributed by atoms with Crippen LogP contribution in [-0.2, 0) is 24.4 Å². The van der Waals surface area contributed by atoms with Gasteiger partial charge in [0.05, 0.1) is 18.9 Å². The summed E-state index contributed by atoms with van der Waals surface area (Å²) in [6, 6.07) is 32.6. The van der Waals surface area contributed by atoms with Crippen LogP contribution >= 0.6 is 0 Å². The zero-order valence-electron chi connectivity index (χ0n) is 32.1. The molecule has 1 fully saturated rings. The zero-order chi connectivity index (χ0) is 37.9. The maximum Gasteiger partial charge on any atom is 0.246 e. The van der Waals surface area contributed by atoms with Crippen LogP contribution in [0.25, 0.3) is 6.08 Å². The monoisotopic (exact) mass is 725 g/mol. The summed E-state index contributed by atoms with van der Waals surface area (Å²) in [4.78, 5) is 21.9. The van der Waals surface area contributed by atoms with Gasteiger partial charge in [0.2, 0.25) is 11.8 Å². The number of aromatic nitrogens is 1. The lowest BCUT2D eigenvalue weighted by molar-refractivity contribution is -0.127. The fourth-order valence-electron chi connectivity index (χ4n) is 6.35. The van der Waals surface area contributed by atoms with E-state index in [0.717, 1.165) is 65.6 Å². The van der Waals surface area contributed by atoms with Crippen molar-refractivity contribution in [1.82, 2.24) is 14.8 Å². The van der Waals surface area contributed by atoms with E-state index in [9.17, 15) is 4.79 Å². The van der Waals surface area contributed by atoms with Crippen LogP contribution in [0, 0.1) is 20.8 Å². The second-order valence-electron chi connectivity index (χ2n) is 14.2. The Hall–Kier alpha value is -5.60. The Balaban J connectivity index is 0.915. The van der Waals surface area contributed by atoms with Crippen molar-refractivity contribution in [3.63, 3.8) is 0 Å². The van der Waals surface area contributed by atoms with Crippen LogP contribution in [0.1, 0.15) is 52.8 Å². The van der Waals surface area contributed by atoms with Crippen molar-refractivity contribution in [2.75, 3.05) is 32.8 Å². The molecule has 0 aliphatic carbocycles. The van der Waals surface area contributed by atoms with Gasteiger partial charge in [-0.25, -0.2) is 4.98 Å². The molecule has 8 nitrogen and oxygen atoms in total. The van der Waals surface area contributed by atoms with Crippen molar-refractivity contribution in [3.05, 3.63) is 148 Å².